The van der Waals surface area contributed by atoms with Gasteiger partial charge in [0.05, 0.1) is 12.2 Å². The van der Waals surface area contributed by atoms with Crippen LogP contribution in [-0.2, 0) is 4.79 Å². The van der Waals surface area contributed by atoms with E-state index in [-0.39, 0.29) is 23.5 Å². The Labute approximate surface area is 211 Å². The van der Waals surface area contributed by atoms with E-state index in [0.717, 1.165) is 23.4 Å². The first kappa shape index (κ1) is 24.8. The smallest absolute Gasteiger partial charge is 0.293 e. The molecule has 4 rings (SSSR count). The zero-order valence-electron chi connectivity index (χ0n) is 20.3. The van der Waals surface area contributed by atoms with Crippen LogP contribution >= 0.6 is 0 Å². The molecule has 0 aliphatic rings. The normalized spacial score (nSPS) is 11.5. The summed E-state index contributed by atoms with van der Waals surface area (Å²) in [5, 5.41) is 3.03. The van der Waals surface area contributed by atoms with Crippen LogP contribution in [0, 0.1) is 0 Å². The summed E-state index contributed by atoms with van der Waals surface area (Å²) >= 11 is 0. The van der Waals surface area contributed by atoms with E-state index in [1.54, 1.807) is 17.0 Å². The first-order valence-electron chi connectivity index (χ1n) is 12.2. The summed E-state index contributed by atoms with van der Waals surface area (Å²) in [5.41, 5.74) is 1.73. The molecule has 1 atom stereocenters. The second kappa shape index (κ2) is 12.4. The summed E-state index contributed by atoms with van der Waals surface area (Å²) in [5.74, 6) is 1.25. The fraction of sp³-hybridized carbons (Fsp3) is 0.200. The van der Waals surface area contributed by atoms with Crippen LogP contribution in [0.5, 0.6) is 11.5 Å². The van der Waals surface area contributed by atoms with Crippen LogP contribution in [0.2, 0.25) is 0 Å². The number of anilines is 1. The first-order valence-corrected chi connectivity index (χ1v) is 12.2. The summed E-state index contributed by atoms with van der Waals surface area (Å²) < 4.78 is 11.2. The van der Waals surface area contributed by atoms with E-state index < -0.39 is 0 Å². The maximum atomic E-state index is 13.2. The Balaban J connectivity index is 1.39. The fourth-order valence-electron chi connectivity index (χ4n) is 4.03. The number of benzene rings is 3. The third kappa shape index (κ3) is 6.42. The number of hydrogen-bond acceptors (Lipinski definition) is 4. The highest BCUT2D eigenvalue weighted by molar-refractivity contribution is 6.04. The lowest BCUT2D eigenvalue weighted by Gasteiger charge is -2.23. The predicted molar refractivity (Wildman–Crippen MR) is 140 cm³/mol. The maximum Gasteiger partial charge on any atom is 0.293 e. The van der Waals surface area contributed by atoms with Crippen LogP contribution in [0.4, 0.5) is 5.69 Å². The van der Waals surface area contributed by atoms with E-state index in [4.69, 9.17) is 9.15 Å². The molecule has 0 radical (unpaired) electrons. The molecule has 6 nitrogen and oxygen atoms in total. The average Bonchev–Trinajstić information content (AvgIpc) is 3.46. The number of rotatable bonds is 11. The molecule has 0 aliphatic carbocycles. The van der Waals surface area contributed by atoms with E-state index >= 15 is 0 Å². The van der Waals surface area contributed by atoms with Crippen molar-refractivity contribution < 1.29 is 18.7 Å². The number of amides is 2. The van der Waals surface area contributed by atoms with Crippen LogP contribution in [0.25, 0.3) is 0 Å². The van der Waals surface area contributed by atoms with Gasteiger partial charge in [0.25, 0.3) is 5.91 Å². The molecular formula is C30H30N2O4. The Hall–Kier alpha value is -4.32. The molecule has 1 aromatic heterocycles. The number of carbonyl (C=O) groups is 2. The number of carbonyl (C=O) groups excluding carboxylic acids is 2. The SMILES string of the molecule is CCC(C(=O)NCCCN(C(=O)c1ccco1)c1ccc(Oc2ccccc2)cc1)c1ccccc1. The predicted octanol–water partition coefficient (Wildman–Crippen LogP) is 6.42. The van der Waals surface area contributed by atoms with E-state index in [2.05, 4.69) is 5.32 Å². The lowest BCUT2D eigenvalue weighted by Crippen LogP contribution is -2.35. The van der Waals surface area contributed by atoms with Gasteiger partial charge in [-0.1, -0.05) is 55.5 Å². The van der Waals surface area contributed by atoms with Gasteiger partial charge < -0.3 is 19.4 Å². The van der Waals surface area contributed by atoms with Crippen molar-refractivity contribution >= 4 is 17.5 Å². The summed E-state index contributed by atoms with van der Waals surface area (Å²) in [6, 6.07) is 30.0. The van der Waals surface area contributed by atoms with Gasteiger partial charge in [-0.2, -0.15) is 0 Å². The Morgan fingerprint density at radius 1 is 0.861 bits per heavy atom. The Bertz CT molecular complexity index is 1220. The standard InChI is InChI=1S/C30H30N2O4/c1-2-27(23-11-5-3-6-12-23)29(33)31-20-10-21-32(30(34)28-15-9-22-35-28)24-16-18-26(19-17-24)36-25-13-7-4-8-14-25/h3-9,11-19,22,27H,2,10,20-21H2,1H3,(H,31,33). The van der Waals surface area contributed by atoms with Gasteiger partial charge in [-0.25, -0.2) is 0 Å². The zero-order chi connectivity index (χ0) is 25.2. The molecule has 6 heteroatoms. The maximum absolute atomic E-state index is 13.2. The van der Waals surface area contributed by atoms with E-state index in [1.165, 1.54) is 6.26 Å². The minimum absolute atomic E-state index is 0.00461. The largest absolute Gasteiger partial charge is 0.459 e. The third-order valence-corrected chi connectivity index (χ3v) is 5.89. The highest BCUT2D eigenvalue weighted by Crippen LogP contribution is 2.26. The molecule has 1 N–H and O–H groups in total. The summed E-state index contributed by atoms with van der Waals surface area (Å²) in [7, 11) is 0. The van der Waals surface area contributed by atoms with E-state index in [0.29, 0.717) is 25.3 Å². The van der Waals surface area contributed by atoms with Crippen molar-refractivity contribution in [2.24, 2.45) is 0 Å². The lowest BCUT2D eigenvalue weighted by atomic mass is 9.96. The molecule has 0 spiro atoms. The van der Waals surface area contributed by atoms with Crippen LogP contribution in [0.3, 0.4) is 0 Å². The minimum atomic E-state index is -0.237. The number of ether oxygens (including phenoxy) is 1. The van der Waals surface area contributed by atoms with Crippen LogP contribution in [-0.4, -0.2) is 24.9 Å². The van der Waals surface area contributed by atoms with Crippen molar-refractivity contribution in [2.75, 3.05) is 18.0 Å². The first-order chi connectivity index (χ1) is 17.7. The van der Waals surface area contributed by atoms with Crippen molar-refractivity contribution in [3.63, 3.8) is 0 Å². The zero-order valence-corrected chi connectivity index (χ0v) is 20.3. The van der Waals surface area contributed by atoms with Crippen molar-refractivity contribution in [1.29, 1.82) is 0 Å². The summed E-state index contributed by atoms with van der Waals surface area (Å²) in [6.45, 7) is 2.88. The molecule has 36 heavy (non-hydrogen) atoms. The monoisotopic (exact) mass is 482 g/mol. The van der Waals surface area contributed by atoms with E-state index in [1.807, 2.05) is 91.9 Å². The minimum Gasteiger partial charge on any atom is -0.459 e. The molecule has 3 aromatic carbocycles. The van der Waals surface area contributed by atoms with Gasteiger partial charge in [0, 0.05) is 18.8 Å². The van der Waals surface area contributed by atoms with Gasteiger partial charge in [0.1, 0.15) is 11.5 Å². The number of hydrogen-bond donors (Lipinski definition) is 1. The number of nitrogens with zero attached hydrogens (tertiary/aromatic N) is 1. The van der Waals surface area contributed by atoms with Crippen molar-refractivity contribution in [3.8, 4) is 11.5 Å². The van der Waals surface area contributed by atoms with Gasteiger partial charge >= 0.3 is 0 Å². The fourth-order valence-corrected chi connectivity index (χ4v) is 4.03. The van der Waals surface area contributed by atoms with Gasteiger partial charge in [-0.05, 0) is 66.9 Å². The molecule has 0 saturated heterocycles. The van der Waals surface area contributed by atoms with Gasteiger partial charge in [0.15, 0.2) is 5.76 Å². The number of para-hydroxylation sites is 1. The molecule has 184 valence electrons. The summed E-state index contributed by atoms with van der Waals surface area (Å²) in [6.07, 6.45) is 2.79. The molecule has 0 fully saturated rings. The Kier molecular flexibility index (Phi) is 8.54. The summed E-state index contributed by atoms with van der Waals surface area (Å²) in [4.78, 5) is 27.6. The number of nitrogens with one attached hydrogen (secondary N) is 1. The molecule has 4 aromatic rings. The van der Waals surface area contributed by atoms with E-state index in [9.17, 15) is 9.59 Å². The highest BCUT2D eigenvalue weighted by Gasteiger charge is 2.21. The van der Waals surface area contributed by atoms with Crippen molar-refractivity contribution in [3.05, 3.63) is 115 Å². The quantitative estimate of drug-likeness (QED) is 0.251. The molecule has 1 unspecified atom stereocenters. The molecule has 0 bridgehead atoms. The lowest BCUT2D eigenvalue weighted by molar-refractivity contribution is -0.122. The van der Waals surface area contributed by atoms with Crippen LogP contribution in [0.15, 0.2) is 108 Å². The van der Waals surface area contributed by atoms with Crippen molar-refractivity contribution in [2.45, 2.75) is 25.7 Å². The van der Waals surface area contributed by atoms with Gasteiger partial charge in [0.2, 0.25) is 5.91 Å². The van der Waals surface area contributed by atoms with Gasteiger partial charge in [-0.3, -0.25) is 9.59 Å². The molecular weight excluding hydrogens is 452 g/mol. The topological polar surface area (TPSA) is 71.8 Å². The molecule has 1 heterocycles. The molecule has 0 saturated carbocycles. The van der Waals surface area contributed by atoms with Gasteiger partial charge in [-0.15, -0.1) is 0 Å². The highest BCUT2D eigenvalue weighted by atomic mass is 16.5. The molecule has 2 amide bonds. The third-order valence-electron chi connectivity index (χ3n) is 5.89. The second-order valence-corrected chi connectivity index (χ2v) is 8.36. The average molecular weight is 483 g/mol. The number of furan rings is 1. The second-order valence-electron chi connectivity index (χ2n) is 8.36. The Morgan fingerprint density at radius 2 is 1.53 bits per heavy atom. The van der Waals surface area contributed by atoms with Crippen molar-refractivity contribution in [1.82, 2.24) is 5.32 Å². The molecule has 0 aliphatic heterocycles. The van der Waals surface area contributed by atoms with Crippen LogP contribution < -0.4 is 15.0 Å². The Morgan fingerprint density at radius 3 is 2.17 bits per heavy atom. The van der Waals surface area contributed by atoms with Crippen LogP contribution in [0.1, 0.15) is 41.8 Å².